The molecule has 96 valence electrons. The van der Waals surface area contributed by atoms with Gasteiger partial charge >= 0.3 is 0 Å². The number of para-hydroxylation sites is 1. The minimum absolute atomic E-state index is 0.440. The van der Waals surface area contributed by atoms with Gasteiger partial charge in [-0.25, -0.2) is 0 Å². The van der Waals surface area contributed by atoms with Crippen molar-refractivity contribution in [1.82, 2.24) is 9.88 Å². The van der Waals surface area contributed by atoms with Crippen molar-refractivity contribution in [1.29, 1.82) is 0 Å². The number of nitrogens with two attached hydrogens (primary N) is 1. The van der Waals surface area contributed by atoms with Crippen LogP contribution in [0.5, 0.6) is 5.75 Å². The fourth-order valence-corrected chi connectivity index (χ4v) is 1.80. The Balaban J connectivity index is 2.32. The summed E-state index contributed by atoms with van der Waals surface area (Å²) >= 11 is 0. The van der Waals surface area contributed by atoms with Crippen LogP contribution in [0, 0.1) is 0 Å². The van der Waals surface area contributed by atoms with Gasteiger partial charge in [-0.2, -0.15) is 0 Å². The van der Waals surface area contributed by atoms with E-state index in [1.807, 2.05) is 38.4 Å². The number of aromatic nitrogens is 1. The van der Waals surface area contributed by atoms with Crippen LogP contribution in [-0.2, 0) is 6.54 Å². The molecule has 1 heterocycles. The predicted octanol–water partition coefficient (Wildman–Crippen LogP) is 1.63. The molecule has 0 aliphatic rings. The molecular formula is C14H19N3O. The van der Waals surface area contributed by atoms with E-state index >= 15 is 0 Å². The van der Waals surface area contributed by atoms with Gasteiger partial charge < -0.3 is 15.4 Å². The SMILES string of the molecule is CN(C)CCOc1c(CN)cnc2ccccc12. The zero-order chi connectivity index (χ0) is 13.0. The average Bonchev–Trinajstić information content (AvgIpc) is 2.38. The smallest absolute Gasteiger partial charge is 0.134 e. The Labute approximate surface area is 107 Å². The molecule has 0 amide bonds. The molecule has 1 aromatic carbocycles. The average molecular weight is 245 g/mol. The Kier molecular flexibility index (Phi) is 4.12. The molecule has 2 aromatic rings. The van der Waals surface area contributed by atoms with Gasteiger partial charge in [0.05, 0.1) is 5.52 Å². The van der Waals surface area contributed by atoms with E-state index in [-0.39, 0.29) is 0 Å². The van der Waals surface area contributed by atoms with Crippen molar-refractivity contribution in [2.45, 2.75) is 6.54 Å². The molecule has 0 saturated carbocycles. The maximum absolute atomic E-state index is 5.89. The van der Waals surface area contributed by atoms with Gasteiger partial charge in [0, 0.05) is 30.2 Å². The summed E-state index contributed by atoms with van der Waals surface area (Å²) in [6.07, 6.45) is 1.80. The Bertz CT molecular complexity index is 525. The largest absolute Gasteiger partial charge is 0.491 e. The zero-order valence-electron chi connectivity index (χ0n) is 10.9. The summed E-state index contributed by atoms with van der Waals surface area (Å²) in [4.78, 5) is 6.47. The number of fused-ring (bicyclic) bond motifs is 1. The summed E-state index contributed by atoms with van der Waals surface area (Å²) in [5, 5.41) is 1.03. The van der Waals surface area contributed by atoms with Crippen molar-refractivity contribution in [2.24, 2.45) is 5.73 Å². The van der Waals surface area contributed by atoms with Gasteiger partial charge in [-0.1, -0.05) is 12.1 Å². The third-order valence-corrected chi connectivity index (χ3v) is 2.80. The van der Waals surface area contributed by atoms with Gasteiger partial charge in [0.15, 0.2) is 0 Å². The fourth-order valence-electron chi connectivity index (χ4n) is 1.80. The minimum Gasteiger partial charge on any atom is -0.491 e. The number of hydrogen-bond acceptors (Lipinski definition) is 4. The molecule has 18 heavy (non-hydrogen) atoms. The van der Waals surface area contributed by atoms with Crippen LogP contribution in [0.15, 0.2) is 30.5 Å². The molecule has 1 aromatic heterocycles. The summed E-state index contributed by atoms with van der Waals surface area (Å²) in [6.45, 7) is 1.96. The van der Waals surface area contributed by atoms with Crippen molar-refractivity contribution >= 4 is 10.9 Å². The first-order valence-corrected chi connectivity index (χ1v) is 6.06. The lowest BCUT2D eigenvalue weighted by Gasteiger charge is -2.15. The molecule has 0 saturated heterocycles. The highest BCUT2D eigenvalue weighted by molar-refractivity contribution is 5.86. The molecular weight excluding hydrogens is 226 g/mol. The Hall–Kier alpha value is -1.65. The van der Waals surface area contributed by atoms with E-state index in [1.54, 1.807) is 6.20 Å². The van der Waals surface area contributed by atoms with Crippen LogP contribution in [0.2, 0.25) is 0 Å². The molecule has 0 radical (unpaired) electrons. The molecule has 2 N–H and O–H groups in total. The third-order valence-electron chi connectivity index (χ3n) is 2.80. The first-order chi connectivity index (χ1) is 8.72. The van der Waals surface area contributed by atoms with Crippen molar-refractivity contribution in [3.05, 3.63) is 36.0 Å². The monoisotopic (exact) mass is 245 g/mol. The van der Waals surface area contributed by atoms with Gasteiger partial charge in [0.1, 0.15) is 12.4 Å². The van der Waals surface area contributed by atoms with E-state index in [2.05, 4.69) is 9.88 Å². The van der Waals surface area contributed by atoms with E-state index in [0.717, 1.165) is 28.8 Å². The number of hydrogen-bond donors (Lipinski definition) is 1. The standard InChI is InChI=1S/C14H19N3O/c1-17(2)7-8-18-14-11(9-15)10-16-13-6-4-3-5-12(13)14/h3-6,10H,7-9,15H2,1-2H3. The molecule has 4 nitrogen and oxygen atoms in total. The number of ether oxygens (including phenoxy) is 1. The van der Waals surface area contributed by atoms with Crippen molar-refractivity contribution in [2.75, 3.05) is 27.2 Å². The van der Waals surface area contributed by atoms with Gasteiger partial charge in [0.2, 0.25) is 0 Å². The predicted molar refractivity (Wildman–Crippen MR) is 73.7 cm³/mol. The van der Waals surface area contributed by atoms with E-state index in [9.17, 15) is 0 Å². The number of pyridine rings is 1. The van der Waals surface area contributed by atoms with E-state index in [0.29, 0.717) is 13.2 Å². The highest BCUT2D eigenvalue weighted by atomic mass is 16.5. The van der Waals surface area contributed by atoms with Crippen LogP contribution < -0.4 is 10.5 Å². The Morgan fingerprint density at radius 1 is 1.28 bits per heavy atom. The van der Waals surface area contributed by atoms with Crippen LogP contribution in [0.4, 0.5) is 0 Å². The second-order valence-electron chi connectivity index (χ2n) is 4.49. The van der Waals surface area contributed by atoms with E-state index in [4.69, 9.17) is 10.5 Å². The van der Waals surface area contributed by atoms with Gasteiger partial charge in [-0.15, -0.1) is 0 Å². The summed E-state index contributed by atoms with van der Waals surface area (Å²) in [6, 6.07) is 7.96. The van der Waals surface area contributed by atoms with Gasteiger partial charge in [-0.3, -0.25) is 4.98 Å². The normalized spacial score (nSPS) is 11.1. The number of benzene rings is 1. The molecule has 2 rings (SSSR count). The van der Waals surface area contributed by atoms with E-state index in [1.165, 1.54) is 0 Å². The zero-order valence-corrected chi connectivity index (χ0v) is 10.9. The first-order valence-electron chi connectivity index (χ1n) is 6.06. The number of nitrogens with zero attached hydrogens (tertiary/aromatic N) is 2. The van der Waals surface area contributed by atoms with Crippen LogP contribution in [0.1, 0.15) is 5.56 Å². The lowest BCUT2D eigenvalue weighted by Crippen LogP contribution is -2.20. The van der Waals surface area contributed by atoms with Crippen molar-refractivity contribution in [3.8, 4) is 5.75 Å². The third kappa shape index (κ3) is 2.78. The van der Waals surface area contributed by atoms with E-state index < -0.39 is 0 Å². The van der Waals surface area contributed by atoms with Crippen LogP contribution in [0.25, 0.3) is 10.9 Å². The van der Waals surface area contributed by atoms with Gasteiger partial charge in [-0.05, 0) is 26.2 Å². The summed E-state index contributed by atoms with van der Waals surface area (Å²) in [7, 11) is 4.05. The second-order valence-corrected chi connectivity index (χ2v) is 4.49. The minimum atomic E-state index is 0.440. The lowest BCUT2D eigenvalue weighted by molar-refractivity contribution is 0.262. The summed E-state index contributed by atoms with van der Waals surface area (Å²) < 4.78 is 5.89. The summed E-state index contributed by atoms with van der Waals surface area (Å²) in [5.41, 5.74) is 7.63. The summed E-state index contributed by atoms with van der Waals surface area (Å²) in [5.74, 6) is 0.866. The fraction of sp³-hybridized carbons (Fsp3) is 0.357. The maximum Gasteiger partial charge on any atom is 0.134 e. The molecule has 0 unspecified atom stereocenters. The van der Waals surface area contributed by atoms with Crippen molar-refractivity contribution < 1.29 is 4.74 Å². The van der Waals surface area contributed by atoms with Crippen LogP contribution in [-0.4, -0.2) is 37.1 Å². The molecule has 0 aliphatic carbocycles. The maximum atomic E-state index is 5.89. The highest BCUT2D eigenvalue weighted by Crippen LogP contribution is 2.27. The van der Waals surface area contributed by atoms with Crippen LogP contribution in [0.3, 0.4) is 0 Å². The number of rotatable bonds is 5. The molecule has 4 heteroatoms. The quantitative estimate of drug-likeness (QED) is 0.870. The second kappa shape index (κ2) is 5.80. The lowest BCUT2D eigenvalue weighted by atomic mass is 10.1. The first kappa shape index (κ1) is 12.8. The van der Waals surface area contributed by atoms with Gasteiger partial charge in [0.25, 0.3) is 0 Å². The Morgan fingerprint density at radius 3 is 2.78 bits per heavy atom. The molecule has 0 bridgehead atoms. The molecule has 0 aliphatic heterocycles. The molecule has 0 fully saturated rings. The van der Waals surface area contributed by atoms with Crippen molar-refractivity contribution in [3.63, 3.8) is 0 Å². The molecule has 0 atom stereocenters. The molecule has 0 spiro atoms. The highest BCUT2D eigenvalue weighted by Gasteiger charge is 2.08. The Morgan fingerprint density at radius 2 is 2.06 bits per heavy atom. The van der Waals surface area contributed by atoms with Crippen LogP contribution >= 0.6 is 0 Å². The number of likely N-dealkylation sites (N-methyl/N-ethyl adjacent to an activating group) is 1. The topological polar surface area (TPSA) is 51.4 Å².